The van der Waals surface area contributed by atoms with Gasteiger partial charge < -0.3 is 10.1 Å². The van der Waals surface area contributed by atoms with Crippen molar-refractivity contribution in [1.82, 2.24) is 0 Å². The molecule has 7 nitrogen and oxygen atoms in total. The lowest BCUT2D eigenvalue weighted by Crippen LogP contribution is -2.16. The minimum Gasteiger partial charge on any atom is -0.455 e. The van der Waals surface area contributed by atoms with E-state index in [9.17, 15) is 48.0 Å². The summed E-state index contributed by atoms with van der Waals surface area (Å²) in [7, 11) is -8.56. The summed E-state index contributed by atoms with van der Waals surface area (Å²) in [5.74, 6) is -3.94. The van der Waals surface area contributed by atoms with Crippen molar-refractivity contribution in [3.05, 3.63) is 41.5 Å². The van der Waals surface area contributed by atoms with E-state index in [1.165, 1.54) is 0 Å². The minimum atomic E-state index is -5.22. The second-order valence-electron chi connectivity index (χ2n) is 6.96. The first-order valence-corrected chi connectivity index (χ1v) is 12.7. The fourth-order valence-electron chi connectivity index (χ4n) is 2.76. The van der Waals surface area contributed by atoms with Crippen molar-refractivity contribution >= 4 is 31.3 Å². The fraction of sp³-hybridized carbons (Fsp3) is 0.316. The molecule has 0 bridgehead atoms. The monoisotopic (exact) mass is 533 g/mol. The molecular weight excluding hydrogens is 516 g/mol. The van der Waals surface area contributed by atoms with Gasteiger partial charge in [-0.1, -0.05) is 6.92 Å². The van der Waals surface area contributed by atoms with Crippen LogP contribution in [-0.2, 0) is 36.8 Å². The molecule has 0 radical (unpaired) electrons. The molecule has 0 saturated heterocycles. The molecule has 0 atom stereocenters. The van der Waals surface area contributed by atoms with Gasteiger partial charge in [-0.05, 0) is 30.3 Å². The van der Waals surface area contributed by atoms with Crippen molar-refractivity contribution in [2.24, 2.45) is 0 Å². The molecule has 0 unspecified atom stereocenters. The molecule has 2 aromatic carbocycles. The van der Waals surface area contributed by atoms with E-state index in [1.54, 1.807) is 0 Å². The molecular formula is C19H17F6NO6S2. The van der Waals surface area contributed by atoms with Gasteiger partial charge >= 0.3 is 12.4 Å². The van der Waals surface area contributed by atoms with Gasteiger partial charge in [0.1, 0.15) is 16.4 Å². The first-order valence-electron chi connectivity index (χ1n) is 9.12. The van der Waals surface area contributed by atoms with Gasteiger partial charge in [-0.15, -0.1) is 0 Å². The highest BCUT2D eigenvalue weighted by molar-refractivity contribution is 7.91. The number of halogens is 6. The van der Waals surface area contributed by atoms with E-state index in [4.69, 9.17) is 4.74 Å². The lowest BCUT2D eigenvalue weighted by Gasteiger charge is -2.20. The number of carbonyl (C=O) groups excluding carboxylic acids is 1. The topological polar surface area (TPSA) is 107 Å². The number of nitrogens with one attached hydrogen (secondary N) is 1. The second-order valence-corrected chi connectivity index (χ2v) is 11.2. The third-order valence-electron chi connectivity index (χ3n) is 4.29. The van der Waals surface area contributed by atoms with Gasteiger partial charge in [0, 0.05) is 13.2 Å². The second kappa shape index (κ2) is 9.09. The van der Waals surface area contributed by atoms with Crippen molar-refractivity contribution in [2.45, 2.75) is 36.0 Å². The molecule has 2 rings (SSSR count). The fourth-order valence-corrected chi connectivity index (χ4v) is 4.55. The highest BCUT2D eigenvalue weighted by Crippen LogP contribution is 2.44. The average Bonchev–Trinajstić information content (AvgIpc) is 2.64. The Morgan fingerprint density at radius 2 is 1.53 bits per heavy atom. The molecule has 1 amide bonds. The zero-order valence-corrected chi connectivity index (χ0v) is 19.3. The molecule has 0 heterocycles. The lowest BCUT2D eigenvalue weighted by atomic mass is 10.1. The largest absolute Gasteiger partial charge is 0.455 e. The molecule has 34 heavy (non-hydrogen) atoms. The molecule has 0 fully saturated rings. The third-order valence-corrected chi connectivity index (χ3v) is 7.20. The third kappa shape index (κ3) is 6.20. The van der Waals surface area contributed by atoms with Crippen molar-refractivity contribution in [1.29, 1.82) is 0 Å². The number of ether oxygens (including phenoxy) is 1. The van der Waals surface area contributed by atoms with Crippen LogP contribution in [0.3, 0.4) is 0 Å². The Morgan fingerprint density at radius 3 is 1.97 bits per heavy atom. The van der Waals surface area contributed by atoms with Crippen LogP contribution in [0.2, 0.25) is 0 Å². The maximum absolute atomic E-state index is 13.6. The summed E-state index contributed by atoms with van der Waals surface area (Å²) in [6.45, 7) is 2.01. The van der Waals surface area contributed by atoms with Gasteiger partial charge in [-0.25, -0.2) is 16.8 Å². The molecule has 188 valence electrons. The van der Waals surface area contributed by atoms with Crippen LogP contribution in [-0.4, -0.2) is 34.8 Å². The van der Waals surface area contributed by atoms with Crippen LogP contribution < -0.4 is 10.1 Å². The van der Waals surface area contributed by atoms with Crippen LogP contribution in [0.1, 0.15) is 25.0 Å². The summed E-state index contributed by atoms with van der Waals surface area (Å²) in [5.41, 5.74) is -4.03. The summed E-state index contributed by atoms with van der Waals surface area (Å²) in [5, 5.41) is 1.93. The van der Waals surface area contributed by atoms with Crippen molar-refractivity contribution in [3.8, 4) is 11.5 Å². The smallest absolute Gasteiger partial charge is 0.420 e. The molecule has 1 N–H and O–H groups in total. The van der Waals surface area contributed by atoms with E-state index in [-0.39, 0.29) is 12.1 Å². The average molecular weight is 533 g/mol. The Balaban J connectivity index is 2.92. The number of benzene rings is 2. The molecule has 0 aromatic heterocycles. The van der Waals surface area contributed by atoms with Crippen LogP contribution in [0, 0.1) is 0 Å². The predicted octanol–water partition coefficient (Wildman–Crippen LogP) is 4.67. The zero-order valence-electron chi connectivity index (χ0n) is 17.6. The maximum atomic E-state index is 13.6. The van der Waals surface area contributed by atoms with E-state index in [1.807, 2.05) is 5.32 Å². The van der Waals surface area contributed by atoms with Gasteiger partial charge in [-0.3, -0.25) is 4.79 Å². The van der Waals surface area contributed by atoms with Gasteiger partial charge in [0.05, 0.1) is 27.5 Å². The van der Waals surface area contributed by atoms with E-state index < -0.39 is 81.8 Å². The highest BCUT2D eigenvalue weighted by atomic mass is 32.2. The maximum Gasteiger partial charge on any atom is 0.420 e. The number of sulfone groups is 2. The summed E-state index contributed by atoms with van der Waals surface area (Å²) >= 11 is 0. The molecule has 0 saturated carbocycles. The van der Waals surface area contributed by atoms with E-state index >= 15 is 0 Å². The zero-order chi connectivity index (χ0) is 26.3. The SMILES string of the molecule is CCS(=O)(=O)c1c(NC(C)=O)cc(C(F)(F)F)cc1Oc1ccc(S(C)(=O)=O)cc1C(F)(F)F. The number of rotatable bonds is 6. The van der Waals surface area contributed by atoms with Crippen LogP contribution in [0.4, 0.5) is 32.0 Å². The Hall–Kier alpha value is -2.81. The van der Waals surface area contributed by atoms with Crippen molar-refractivity contribution in [3.63, 3.8) is 0 Å². The quantitative estimate of drug-likeness (QED) is 0.541. The molecule has 0 aliphatic heterocycles. The molecule has 0 aliphatic rings. The van der Waals surface area contributed by atoms with Gasteiger partial charge in [0.2, 0.25) is 5.91 Å². The summed E-state index contributed by atoms with van der Waals surface area (Å²) in [6, 6.07) is 1.96. The van der Waals surface area contributed by atoms with Crippen LogP contribution in [0.15, 0.2) is 40.1 Å². The minimum absolute atomic E-state index is 0.179. The van der Waals surface area contributed by atoms with E-state index in [0.29, 0.717) is 18.4 Å². The standard InChI is InChI=1S/C19H17F6NO6S2/c1-4-34(30,31)17-14(26-10(2)27)7-11(18(20,21)22)8-16(17)32-15-6-5-12(33(3,28)29)9-13(15)19(23,24)25/h5-9H,4H2,1-3H3,(H,26,27). The van der Waals surface area contributed by atoms with Crippen LogP contribution >= 0.6 is 0 Å². The Labute approximate surface area is 190 Å². The summed E-state index contributed by atoms with van der Waals surface area (Å²) in [4.78, 5) is 9.77. The van der Waals surface area contributed by atoms with Crippen LogP contribution in [0.5, 0.6) is 11.5 Å². The lowest BCUT2D eigenvalue weighted by molar-refractivity contribution is -0.139. The van der Waals surface area contributed by atoms with Crippen molar-refractivity contribution < 1.29 is 52.7 Å². The molecule has 2 aromatic rings. The van der Waals surface area contributed by atoms with Crippen LogP contribution in [0.25, 0.3) is 0 Å². The summed E-state index contributed by atoms with van der Waals surface area (Å²) < 4.78 is 135. The molecule has 15 heteroatoms. The molecule has 0 spiro atoms. The number of hydrogen-bond donors (Lipinski definition) is 1. The van der Waals surface area contributed by atoms with Gasteiger partial charge in [0.25, 0.3) is 0 Å². The normalized spacial score (nSPS) is 13.0. The Bertz CT molecular complexity index is 1330. The van der Waals surface area contributed by atoms with Gasteiger partial charge in [0.15, 0.2) is 19.7 Å². The first kappa shape index (κ1) is 27.4. The number of amides is 1. The van der Waals surface area contributed by atoms with Gasteiger partial charge in [-0.2, -0.15) is 26.3 Å². The number of anilines is 1. The van der Waals surface area contributed by atoms with Crippen molar-refractivity contribution in [2.75, 3.05) is 17.3 Å². The number of hydrogen-bond acceptors (Lipinski definition) is 6. The first-order chi connectivity index (χ1) is 15.3. The summed E-state index contributed by atoms with van der Waals surface area (Å²) in [6.07, 6.45) is -9.67. The molecule has 0 aliphatic carbocycles. The number of carbonyl (C=O) groups is 1. The van der Waals surface area contributed by atoms with E-state index in [0.717, 1.165) is 19.9 Å². The Morgan fingerprint density at radius 1 is 0.941 bits per heavy atom. The van der Waals surface area contributed by atoms with E-state index in [2.05, 4.69) is 0 Å². The predicted molar refractivity (Wildman–Crippen MR) is 108 cm³/mol. The number of alkyl halides is 6. The highest BCUT2D eigenvalue weighted by Gasteiger charge is 2.38. The Kier molecular flexibility index (Phi) is 7.34.